The molecule has 0 spiro atoms. The largest absolute Gasteiger partial charge is 0.398 e. The van der Waals surface area contributed by atoms with E-state index in [1.807, 2.05) is 19.9 Å². The smallest absolute Gasteiger partial charge is 0.227 e. The van der Waals surface area contributed by atoms with Crippen molar-refractivity contribution in [3.05, 3.63) is 22.7 Å². The van der Waals surface area contributed by atoms with Gasteiger partial charge in [-0.1, -0.05) is 13.8 Å². The summed E-state index contributed by atoms with van der Waals surface area (Å²) in [4.78, 5) is 11.8. The minimum absolute atomic E-state index is 0.0710. The molecule has 1 rings (SSSR count). The summed E-state index contributed by atoms with van der Waals surface area (Å²) in [5.74, 6) is 0.151. The molecule has 0 aliphatic carbocycles. The van der Waals surface area contributed by atoms with Gasteiger partial charge in [0.1, 0.15) is 0 Å². The zero-order valence-electron chi connectivity index (χ0n) is 9.59. The highest BCUT2D eigenvalue weighted by Gasteiger charge is 2.14. The molecule has 3 nitrogen and oxygen atoms in total. The Kier molecular flexibility index (Phi) is 4.80. The van der Waals surface area contributed by atoms with Crippen molar-refractivity contribution in [1.82, 2.24) is 0 Å². The average Bonchev–Trinajstić information content (AvgIpc) is 2.25. The van der Waals surface area contributed by atoms with E-state index in [0.29, 0.717) is 5.69 Å². The Balaban J connectivity index is 2.73. The first-order valence-corrected chi connectivity index (χ1v) is 6.23. The highest BCUT2D eigenvalue weighted by Crippen LogP contribution is 2.23. The predicted molar refractivity (Wildman–Crippen MR) is 71.3 cm³/mol. The van der Waals surface area contributed by atoms with Crippen molar-refractivity contribution in [2.45, 2.75) is 26.7 Å². The number of amides is 1. The lowest BCUT2D eigenvalue weighted by molar-refractivity contribution is -0.120. The number of carbonyl (C=O) groups excluding carboxylic acids is 1. The van der Waals surface area contributed by atoms with Crippen LogP contribution in [0.2, 0.25) is 0 Å². The Labute approximate surface area is 105 Å². The Morgan fingerprint density at radius 1 is 1.44 bits per heavy atom. The lowest BCUT2D eigenvalue weighted by Gasteiger charge is -2.13. The van der Waals surface area contributed by atoms with Crippen molar-refractivity contribution in [2.75, 3.05) is 11.1 Å². The Hall–Kier alpha value is -1.03. The number of carbonyl (C=O) groups is 1. The van der Waals surface area contributed by atoms with Crippen LogP contribution in [0.15, 0.2) is 22.7 Å². The molecule has 1 aromatic rings. The molecule has 0 saturated heterocycles. The zero-order valence-corrected chi connectivity index (χ0v) is 11.2. The van der Waals surface area contributed by atoms with Gasteiger partial charge in [0.2, 0.25) is 5.91 Å². The molecule has 1 aromatic carbocycles. The monoisotopic (exact) mass is 284 g/mol. The van der Waals surface area contributed by atoms with Crippen LogP contribution in [0.4, 0.5) is 11.4 Å². The summed E-state index contributed by atoms with van der Waals surface area (Å²) in [5.41, 5.74) is 7.12. The van der Waals surface area contributed by atoms with Gasteiger partial charge in [0.15, 0.2) is 0 Å². The van der Waals surface area contributed by atoms with Gasteiger partial charge in [0, 0.05) is 21.8 Å². The van der Waals surface area contributed by atoms with Gasteiger partial charge in [-0.25, -0.2) is 0 Å². The fourth-order valence-corrected chi connectivity index (χ4v) is 1.89. The minimum Gasteiger partial charge on any atom is -0.398 e. The van der Waals surface area contributed by atoms with E-state index < -0.39 is 0 Å². The quantitative estimate of drug-likeness (QED) is 0.833. The average molecular weight is 285 g/mol. The van der Waals surface area contributed by atoms with Crippen molar-refractivity contribution in [1.29, 1.82) is 0 Å². The van der Waals surface area contributed by atoms with Crippen LogP contribution < -0.4 is 11.1 Å². The molecule has 0 aliphatic heterocycles. The van der Waals surface area contributed by atoms with Crippen molar-refractivity contribution >= 4 is 33.2 Å². The van der Waals surface area contributed by atoms with E-state index in [1.54, 1.807) is 12.1 Å². The summed E-state index contributed by atoms with van der Waals surface area (Å²) in [5, 5.41) is 2.89. The number of nitrogens with two attached hydrogens (primary N) is 1. The lowest BCUT2D eigenvalue weighted by Crippen LogP contribution is -2.21. The molecule has 0 fully saturated rings. The molecule has 4 heteroatoms. The van der Waals surface area contributed by atoms with Crippen LogP contribution in [-0.4, -0.2) is 5.91 Å². The van der Waals surface area contributed by atoms with Gasteiger partial charge in [-0.15, -0.1) is 0 Å². The molecule has 0 unspecified atom stereocenters. The van der Waals surface area contributed by atoms with Gasteiger partial charge < -0.3 is 11.1 Å². The van der Waals surface area contributed by atoms with Gasteiger partial charge in [0.05, 0.1) is 0 Å². The van der Waals surface area contributed by atoms with Crippen molar-refractivity contribution in [3.63, 3.8) is 0 Å². The van der Waals surface area contributed by atoms with Crippen LogP contribution >= 0.6 is 15.9 Å². The molecule has 0 aromatic heterocycles. The normalized spacial score (nSPS) is 10.5. The summed E-state index contributed by atoms with van der Waals surface area (Å²) in [7, 11) is 0. The predicted octanol–water partition coefficient (Wildman–Crippen LogP) is 3.41. The van der Waals surface area contributed by atoms with Crippen LogP contribution in [0.1, 0.15) is 26.7 Å². The number of halogens is 1. The first kappa shape index (κ1) is 13.0. The molecule has 0 atom stereocenters. The standard InChI is InChI=1S/C12H17BrN2O/c1-3-8(4-2)12(16)15-9-5-6-11(14)10(13)7-9/h5-8H,3-4,14H2,1-2H3,(H,15,16). The molecule has 88 valence electrons. The van der Waals surface area contributed by atoms with Gasteiger partial charge in [-0.05, 0) is 47.0 Å². The van der Waals surface area contributed by atoms with Gasteiger partial charge in [-0.2, -0.15) is 0 Å². The molecule has 0 radical (unpaired) electrons. The molecular weight excluding hydrogens is 268 g/mol. The number of hydrogen-bond acceptors (Lipinski definition) is 2. The SMILES string of the molecule is CCC(CC)C(=O)Nc1ccc(N)c(Br)c1. The van der Waals surface area contributed by atoms with E-state index in [-0.39, 0.29) is 11.8 Å². The van der Waals surface area contributed by atoms with E-state index in [0.717, 1.165) is 23.0 Å². The molecule has 0 saturated carbocycles. The zero-order chi connectivity index (χ0) is 12.1. The number of nitrogen functional groups attached to an aromatic ring is 1. The summed E-state index contributed by atoms with van der Waals surface area (Å²) < 4.78 is 0.801. The van der Waals surface area contributed by atoms with Crippen LogP contribution in [0.25, 0.3) is 0 Å². The van der Waals surface area contributed by atoms with E-state index in [9.17, 15) is 4.79 Å². The third-order valence-electron chi connectivity index (χ3n) is 2.62. The first-order chi connectivity index (χ1) is 7.58. The third kappa shape index (κ3) is 3.23. The second-order valence-corrected chi connectivity index (χ2v) is 4.59. The highest BCUT2D eigenvalue weighted by atomic mass is 79.9. The van der Waals surface area contributed by atoms with Crippen molar-refractivity contribution in [2.24, 2.45) is 5.92 Å². The molecule has 1 amide bonds. The first-order valence-electron chi connectivity index (χ1n) is 5.44. The van der Waals surface area contributed by atoms with Crippen LogP contribution in [-0.2, 0) is 4.79 Å². The fraction of sp³-hybridized carbons (Fsp3) is 0.417. The van der Waals surface area contributed by atoms with Crippen LogP contribution in [0.5, 0.6) is 0 Å². The van der Waals surface area contributed by atoms with Crippen molar-refractivity contribution in [3.8, 4) is 0 Å². The molecular formula is C12H17BrN2O. The number of rotatable bonds is 4. The van der Waals surface area contributed by atoms with Crippen molar-refractivity contribution < 1.29 is 4.79 Å². The Morgan fingerprint density at radius 2 is 2.06 bits per heavy atom. The third-order valence-corrected chi connectivity index (χ3v) is 3.31. The number of anilines is 2. The Bertz CT molecular complexity index is 375. The molecule has 3 N–H and O–H groups in total. The second-order valence-electron chi connectivity index (χ2n) is 3.74. The molecule has 16 heavy (non-hydrogen) atoms. The number of hydrogen-bond donors (Lipinski definition) is 2. The van der Waals surface area contributed by atoms with Gasteiger partial charge in [-0.3, -0.25) is 4.79 Å². The maximum atomic E-state index is 11.8. The maximum Gasteiger partial charge on any atom is 0.227 e. The van der Waals surface area contributed by atoms with Crippen LogP contribution in [0.3, 0.4) is 0 Å². The van der Waals surface area contributed by atoms with Crippen LogP contribution in [0, 0.1) is 5.92 Å². The fourth-order valence-electron chi connectivity index (χ4n) is 1.51. The molecule has 0 bridgehead atoms. The summed E-state index contributed by atoms with van der Waals surface area (Å²) in [6, 6.07) is 5.39. The summed E-state index contributed by atoms with van der Waals surface area (Å²) in [6.07, 6.45) is 1.72. The van der Waals surface area contributed by atoms with E-state index in [1.165, 1.54) is 0 Å². The van der Waals surface area contributed by atoms with Gasteiger partial charge in [0.25, 0.3) is 0 Å². The number of benzene rings is 1. The number of nitrogens with one attached hydrogen (secondary N) is 1. The van der Waals surface area contributed by atoms with Gasteiger partial charge >= 0.3 is 0 Å². The lowest BCUT2D eigenvalue weighted by atomic mass is 10.0. The molecule has 0 aliphatic rings. The Morgan fingerprint density at radius 3 is 2.56 bits per heavy atom. The minimum atomic E-state index is 0.0710. The molecule has 0 heterocycles. The topological polar surface area (TPSA) is 55.1 Å². The van der Waals surface area contributed by atoms with E-state index >= 15 is 0 Å². The maximum absolute atomic E-state index is 11.8. The second kappa shape index (κ2) is 5.89. The summed E-state index contributed by atoms with van der Waals surface area (Å²) in [6.45, 7) is 4.04. The van der Waals surface area contributed by atoms with E-state index in [2.05, 4.69) is 21.2 Å². The van der Waals surface area contributed by atoms with E-state index in [4.69, 9.17) is 5.73 Å². The summed E-state index contributed by atoms with van der Waals surface area (Å²) >= 11 is 3.33. The highest BCUT2D eigenvalue weighted by molar-refractivity contribution is 9.10.